The highest BCUT2D eigenvalue weighted by Gasteiger charge is 2.18. The van der Waals surface area contributed by atoms with Crippen molar-refractivity contribution in [3.63, 3.8) is 0 Å². The average molecular weight is 356 g/mol. The predicted octanol–water partition coefficient (Wildman–Crippen LogP) is 5.18. The van der Waals surface area contributed by atoms with Gasteiger partial charge in [0.1, 0.15) is 0 Å². The number of pyridine rings is 1. The number of hydrogen-bond acceptors (Lipinski definition) is 5. The van der Waals surface area contributed by atoms with Crippen molar-refractivity contribution in [1.29, 1.82) is 0 Å². The minimum absolute atomic E-state index is 0.637. The fourth-order valence-corrected chi connectivity index (χ4v) is 4.55. The molecule has 0 bridgehead atoms. The van der Waals surface area contributed by atoms with E-state index < -0.39 is 0 Å². The first-order chi connectivity index (χ1) is 12.3. The van der Waals surface area contributed by atoms with E-state index in [-0.39, 0.29) is 0 Å². The van der Waals surface area contributed by atoms with Crippen LogP contribution in [0.4, 0.5) is 0 Å². The van der Waals surface area contributed by atoms with Crippen LogP contribution < -0.4 is 0 Å². The zero-order valence-corrected chi connectivity index (χ0v) is 15.6. The van der Waals surface area contributed by atoms with Gasteiger partial charge in [0.2, 0.25) is 0 Å². The molecule has 0 amide bonds. The zero-order chi connectivity index (χ0) is 17.1. The third kappa shape index (κ3) is 4.10. The van der Waals surface area contributed by atoms with E-state index in [0.717, 1.165) is 30.1 Å². The molecule has 0 saturated heterocycles. The topological polar surface area (TPSA) is 42.2 Å². The van der Waals surface area contributed by atoms with Crippen molar-refractivity contribution in [3.8, 4) is 0 Å². The highest BCUT2D eigenvalue weighted by molar-refractivity contribution is 7.07. The lowest BCUT2D eigenvalue weighted by molar-refractivity contribution is 0.187. The number of rotatable bonds is 6. The number of aryl methyl sites for hydroxylation is 1. The highest BCUT2D eigenvalue weighted by atomic mass is 32.1. The third-order valence-electron chi connectivity index (χ3n) is 5.20. The Morgan fingerprint density at radius 2 is 2.04 bits per heavy atom. The Morgan fingerprint density at radius 1 is 1.20 bits per heavy atom. The summed E-state index contributed by atoms with van der Waals surface area (Å²) in [5.41, 5.74) is 4.21. The smallest absolute Gasteiger partial charge is 0.257 e. The van der Waals surface area contributed by atoms with Crippen molar-refractivity contribution >= 4 is 22.4 Å². The van der Waals surface area contributed by atoms with E-state index in [0.29, 0.717) is 5.71 Å². The summed E-state index contributed by atoms with van der Waals surface area (Å²) in [7, 11) is 0. The van der Waals surface area contributed by atoms with Gasteiger partial charge in [-0.05, 0) is 59.7 Å². The van der Waals surface area contributed by atoms with Crippen LogP contribution in [0.1, 0.15) is 48.9 Å². The van der Waals surface area contributed by atoms with Gasteiger partial charge in [-0.1, -0.05) is 24.4 Å². The van der Waals surface area contributed by atoms with Crippen molar-refractivity contribution in [2.45, 2.75) is 52.1 Å². The normalized spacial score (nSPS) is 16.1. The molecule has 0 radical (unpaired) electrons. The SMILES string of the molecule is Cc1noc2ncc(CN(Cc3ccsc3)CC3CCCCC3)cc12. The molecule has 0 aliphatic heterocycles. The van der Waals surface area contributed by atoms with Crippen LogP contribution in [0, 0.1) is 12.8 Å². The minimum atomic E-state index is 0.637. The Hall–Kier alpha value is -1.72. The fraction of sp³-hybridized carbons (Fsp3) is 0.500. The molecule has 0 unspecified atom stereocenters. The van der Waals surface area contributed by atoms with E-state index in [4.69, 9.17) is 4.52 Å². The second kappa shape index (κ2) is 7.67. The quantitative estimate of drug-likeness (QED) is 0.611. The molecule has 1 fully saturated rings. The van der Waals surface area contributed by atoms with E-state index in [2.05, 4.69) is 37.9 Å². The van der Waals surface area contributed by atoms with Crippen LogP contribution in [-0.2, 0) is 13.1 Å². The van der Waals surface area contributed by atoms with Gasteiger partial charge in [0.25, 0.3) is 5.71 Å². The highest BCUT2D eigenvalue weighted by Crippen LogP contribution is 2.26. The molecule has 5 heteroatoms. The predicted molar refractivity (Wildman–Crippen MR) is 102 cm³/mol. The van der Waals surface area contributed by atoms with E-state index in [9.17, 15) is 0 Å². The van der Waals surface area contributed by atoms with E-state index in [1.165, 1.54) is 49.8 Å². The van der Waals surface area contributed by atoms with Gasteiger partial charge in [0, 0.05) is 25.8 Å². The molecular weight excluding hydrogens is 330 g/mol. The summed E-state index contributed by atoms with van der Waals surface area (Å²) < 4.78 is 5.24. The number of aromatic nitrogens is 2. The first-order valence-corrected chi connectivity index (χ1v) is 10.2. The maximum absolute atomic E-state index is 5.24. The maximum atomic E-state index is 5.24. The average Bonchev–Trinajstić information content (AvgIpc) is 3.26. The summed E-state index contributed by atoms with van der Waals surface area (Å²) in [5.74, 6) is 0.835. The van der Waals surface area contributed by atoms with Crippen molar-refractivity contribution in [1.82, 2.24) is 15.0 Å². The molecule has 1 saturated carbocycles. The summed E-state index contributed by atoms with van der Waals surface area (Å²) in [6, 6.07) is 4.43. The van der Waals surface area contributed by atoms with Crippen LogP contribution in [0.3, 0.4) is 0 Å². The van der Waals surface area contributed by atoms with Gasteiger partial charge in [-0.15, -0.1) is 0 Å². The molecule has 4 nitrogen and oxygen atoms in total. The zero-order valence-electron chi connectivity index (χ0n) is 14.8. The Balaban J connectivity index is 1.51. The third-order valence-corrected chi connectivity index (χ3v) is 5.93. The van der Waals surface area contributed by atoms with Gasteiger partial charge < -0.3 is 4.52 Å². The van der Waals surface area contributed by atoms with Crippen molar-refractivity contribution in [2.24, 2.45) is 5.92 Å². The van der Waals surface area contributed by atoms with Crippen LogP contribution >= 0.6 is 11.3 Å². The molecule has 1 aliphatic rings. The van der Waals surface area contributed by atoms with Crippen molar-refractivity contribution in [2.75, 3.05) is 6.54 Å². The van der Waals surface area contributed by atoms with Crippen molar-refractivity contribution < 1.29 is 4.52 Å². The summed E-state index contributed by atoms with van der Waals surface area (Å²) in [6.07, 6.45) is 8.89. The molecule has 4 rings (SSSR count). The Bertz CT molecular complexity index is 806. The lowest BCUT2D eigenvalue weighted by Gasteiger charge is -2.29. The molecule has 132 valence electrons. The Morgan fingerprint density at radius 3 is 2.84 bits per heavy atom. The lowest BCUT2D eigenvalue weighted by atomic mass is 9.89. The van der Waals surface area contributed by atoms with Gasteiger partial charge in [0.05, 0.1) is 11.1 Å². The maximum Gasteiger partial charge on any atom is 0.257 e. The van der Waals surface area contributed by atoms with Gasteiger partial charge in [-0.3, -0.25) is 4.90 Å². The first-order valence-electron chi connectivity index (χ1n) is 9.22. The summed E-state index contributed by atoms with van der Waals surface area (Å²) in [6.45, 7) is 5.10. The first kappa shape index (κ1) is 16.7. The number of fused-ring (bicyclic) bond motifs is 1. The van der Waals surface area contributed by atoms with E-state index in [1.54, 1.807) is 11.3 Å². The molecule has 3 aromatic rings. The number of hydrogen-bond donors (Lipinski definition) is 0. The standard InChI is InChI=1S/C20H25N3OS/c1-15-19-9-18(10-21-20(19)24-22-15)13-23(12-17-7-8-25-14-17)11-16-5-3-2-4-6-16/h7-10,14,16H,2-6,11-13H2,1H3. The Labute approximate surface area is 152 Å². The lowest BCUT2D eigenvalue weighted by Crippen LogP contribution is -2.29. The Kier molecular flexibility index (Phi) is 5.13. The summed E-state index contributed by atoms with van der Waals surface area (Å²) in [4.78, 5) is 7.03. The van der Waals surface area contributed by atoms with Crippen molar-refractivity contribution in [3.05, 3.63) is 45.9 Å². The minimum Gasteiger partial charge on any atom is -0.336 e. The van der Waals surface area contributed by atoms with Gasteiger partial charge in [0.15, 0.2) is 0 Å². The molecule has 0 spiro atoms. The van der Waals surface area contributed by atoms with Crippen LogP contribution in [0.15, 0.2) is 33.6 Å². The second-order valence-corrected chi connectivity index (χ2v) is 8.05. The molecule has 0 aromatic carbocycles. The number of nitrogens with zero attached hydrogens (tertiary/aromatic N) is 3. The monoisotopic (exact) mass is 355 g/mol. The summed E-state index contributed by atoms with van der Waals surface area (Å²) >= 11 is 1.78. The van der Waals surface area contributed by atoms with Crippen LogP contribution in [-0.4, -0.2) is 21.6 Å². The second-order valence-electron chi connectivity index (χ2n) is 7.27. The van der Waals surface area contributed by atoms with Gasteiger partial charge in [-0.2, -0.15) is 11.3 Å². The molecular formula is C20H25N3OS. The fourth-order valence-electron chi connectivity index (χ4n) is 3.89. The van der Waals surface area contributed by atoms with Gasteiger partial charge in [-0.25, -0.2) is 4.98 Å². The molecule has 3 aromatic heterocycles. The van der Waals surface area contributed by atoms with Crippen LogP contribution in [0.5, 0.6) is 0 Å². The van der Waals surface area contributed by atoms with Crippen LogP contribution in [0.25, 0.3) is 11.1 Å². The molecule has 3 heterocycles. The van der Waals surface area contributed by atoms with E-state index in [1.807, 2.05) is 13.1 Å². The largest absolute Gasteiger partial charge is 0.336 e. The van der Waals surface area contributed by atoms with E-state index >= 15 is 0 Å². The summed E-state index contributed by atoms with van der Waals surface area (Å²) in [5, 5.41) is 9.49. The van der Waals surface area contributed by atoms with Gasteiger partial charge >= 0.3 is 0 Å². The van der Waals surface area contributed by atoms with Crippen LogP contribution in [0.2, 0.25) is 0 Å². The molecule has 25 heavy (non-hydrogen) atoms. The molecule has 0 atom stereocenters. The number of thiophene rings is 1. The molecule has 1 aliphatic carbocycles. The molecule has 0 N–H and O–H groups in total.